The van der Waals surface area contributed by atoms with Crippen LogP contribution in [-0.4, -0.2) is 23.9 Å². The highest BCUT2D eigenvalue weighted by Gasteiger charge is 2.18. The molecule has 0 aromatic heterocycles. The molecule has 1 N–H and O–H groups in total. The lowest BCUT2D eigenvalue weighted by Gasteiger charge is -2.24. The van der Waals surface area contributed by atoms with Crippen LogP contribution >= 0.6 is 0 Å². The van der Waals surface area contributed by atoms with Crippen LogP contribution in [0.25, 0.3) is 0 Å². The van der Waals surface area contributed by atoms with Crippen LogP contribution < -0.4 is 0 Å². The number of aliphatic hydroxyl groups is 1. The maximum atomic E-state index is 10.1. The van der Waals surface area contributed by atoms with Crippen LogP contribution in [0.3, 0.4) is 0 Å². The second-order valence-electron chi connectivity index (χ2n) is 6.25. The molecule has 0 fully saturated rings. The summed E-state index contributed by atoms with van der Waals surface area (Å²) in [4.78, 5) is 0. The predicted molar refractivity (Wildman–Crippen MR) is 78.9 cm³/mol. The Bertz CT molecular complexity index is 190. The average Bonchev–Trinajstić information content (AvgIpc) is 2.34. The van der Waals surface area contributed by atoms with Crippen LogP contribution in [0.1, 0.15) is 79.1 Å². The van der Waals surface area contributed by atoms with Gasteiger partial charge in [-0.15, -0.1) is 0 Å². The first-order valence-electron chi connectivity index (χ1n) is 7.66. The number of ether oxygens (including phenoxy) is 1. The van der Waals surface area contributed by atoms with Gasteiger partial charge in [-0.2, -0.15) is 0 Å². The molecular weight excluding hydrogens is 224 g/mol. The van der Waals surface area contributed by atoms with Gasteiger partial charge in [0.15, 0.2) is 0 Å². The van der Waals surface area contributed by atoms with Crippen LogP contribution in [0, 0.1) is 5.92 Å². The first kappa shape index (κ1) is 17.9. The number of hydrogen-bond acceptors (Lipinski definition) is 2. The first-order chi connectivity index (χ1) is 8.43. The minimum atomic E-state index is -0.118. The molecule has 2 atom stereocenters. The van der Waals surface area contributed by atoms with Crippen LogP contribution in [0.15, 0.2) is 0 Å². The Kier molecular flexibility index (Phi) is 9.76. The van der Waals surface area contributed by atoms with Gasteiger partial charge in [0.25, 0.3) is 0 Å². The van der Waals surface area contributed by atoms with Crippen LogP contribution in [0.2, 0.25) is 0 Å². The molecule has 0 aliphatic carbocycles. The summed E-state index contributed by atoms with van der Waals surface area (Å²) in [6, 6.07) is 0. The Morgan fingerprint density at radius 1 is 1.06 bits per heavy atom. The minimum absolute atomic E-state index is 0.0220. The van der Waals surface area contributed by atoms with E-state index in [1.807, 2.05) is 0 Å². The molecule has 2 nitrogen and oxygen atoms in total. The topological polar surface area (TPSA) is 29.5 Å². The summed E-state index contributed by atoms with van der Waals surface area (Å²) in [5, 5.41) is 10.1. The van der Waals surface area contributed by atoms with Crippen LogP contribution in [0.4, 0.5) is 0 Å². The van der Waals surface area contributed by atoms with Crippen molar-refractivity contribution >= 4 is 0 Å². The largest absolute Gasteiger partial charge is 0.393 e. The molecule has 2 heteroatoms. The van der Waals surface area contributed by atoms with Gasteiger partial charge in [-0.1, -0.05) is 46.0 Å². The lowest BCUT2D eigenvalue weighted by molar-refractivity contribution is 0.0104. The molecule has 0 amide bonds. The first-order valence-corrected chi connectivity index (χ1v) is 7.66. The van der Waals surface area contributed by atoms with E-state index in [-0.39, 0.29) is 11.7 Å². The molecule has 0 aromatic carbocycles. The van der Waals surface area contributed by atoms with Gasteiger partial charge in [0.1, 0.15) is 0 Å². The molecule has 0 saturated heterocycles. The average molecular weight is 258 g/mol. The van der Waals surface area contributed by atoms with Crippen molar-refractivity contribution in [3.8, 4) is 0 Å². The highest BCUT2D eigenvalue weighted by molar-refractivity contribution is 4.70. The zero-order chi connectivity index (χ0) is 14.0. The third-order valence-electron chi connectivity index (χ3n) is 4.00. The van der Waals surface area contributed by atoms with Crippen molar-refractivity contribution in [2.24, 2.45) is 5.92 Å². The van der Waals surface area contributed by atoms with Gasteiger partial charge in [0.2, 0.25) is 0 Å². The smallest absolute Gasteiger partial charge is 0.0622 e. The molecule has 110 valence electrons. The zero-order valence-electron chi connectivity index (χ0n) is 13.2. The molecule has 0 aliphatic rings. The van der Waals surface area contributed by atoms with Crippen LogP contribution in [0.5, 0.6) is 0 Å². The quantitative estimate of drug-likeness (QED) is 0.551. The maximum absolute atomic E-state index is 10.1. The lowest BCUT2D eigenvalue weighted by atomic mass is 9.91. The molecule has 0 rings (SSSR count). The van der Waals surface area contributed by atoms with Gasteiger partial charge < -0.3 is 9.84 Å². The standard InChI is InChI=1S/C16H34O2/c1-6-7-8-9-12-15(17)14(2)11-10-13-16(3,4)18-5/h14-15,17H,6-13H2,1-5H3. The molecule has 2 unspecified atom stereocenters. The maximum Gasteiger partial charge on any atom is 0.0622 e. The Morgan fingerprint density at radius 2 is 1.72 bits per heavy atom. The van der Waals surface area contributed by atoms with Gasteiger partial charge in [-0.25, -0.2) is 0 Å². The van der Waals surface area contributed by atoms with E-state index >= 15 is 0 Å². The van der Waals surface area contributed by atoms with Crippen molar-refractivity contribution in [2.75, 3.05) is 7.11 Å². The molecule has 0 saturated carbocycles. The van der Waals surface area contributed by atoms with E-state index in [9.17, 15) is 5.11 Å². The van der Waals surface area contributed by atoms with Crippen molar-refractivity contribution in [3.05, 3.63) is 0 Å². The SMILES string of the molecule is CCCCCCC(O)C(C)CCCC(C)(C)OC. The van der Waals surface area contributed by atoms with Crippen LogP contribution in [-0.2, 0) is 4.74 Å². The third kappa shape index (κ3) is 8.93. The summed E-state index contributed by atoms with van der Waals surface area (Å²) in [6.07, 6.45) is 9.13. The van der Waals surface area contributed by atoms with Crippen molar-refractivity contribution in [1.82, 2.24) is 0 Å². The molecule has 0 bridgehead atoms. The Labute approximate surface area is 114 Å². The minimum Gasteiger partial charge on any atom is -0.393 e. The summed E-state index contributed by atoms with van der Waals surface area (Å²) in [7, 11) is 1.77. The van der Waals surface area contributed by atoms with Gasteiger partial charge in [-0.05, 0) is 39.0 Å². The summed E-state index contributed by atoms with van der Waals surface area (Å²) in [5.41, 5.74) is -0.0220. The summed E-state index contributed by atoms with van der Waals surface area (Å²) in [5.74, 6) is 0.416. The van der Waals surface area contributed by atoms with Crippen molar-refractivity contribution in [3.63, 3.8) is 0 Å². The van der Waals surface area contributed by atoms with E-state index in [0.29, 0.717) is 5.92 Å². The number of unbranched alkanes of at least 4 members (excludes halogenated alkanes) is 3. The second-order valence-corrected chi connectivity index (χ2v) is 6.25. The molecule has 0 spiro atoms. The number of hydrogen-bond donors (Lipinski definition) is 1. The summed E-state index contributed by atoms with van der Waals surface area (Å²) >= 11 is 0. The van der Waals surface area contributed by atoms with Gasteiger partial charge in [0.05, 0.1) is 11.7 Å². The van der Waals surface area contributed by atoms with Crippen molar-refractivity contribution < 1.29 is 9.84 Å². The number of methoxy groups -OCH3 is 1. The zero-order valence-corrected chi connectivity index (χ0v) is 13.2. The molecule has 0 heterocycles. The number of rotatable bonds is 11. The molecule has 18 heavy (non-hydrogen) atoms. The Hall–Kier alpha value is -0.0800. The molecule has 0 radical (unpaired) electrons. The monoisotopic (exact) mass is 258 g/mol. The fourth-order valence-corrected chi connectivity index (χ4v) is 2.21. The lowest BCUT2D eigenvalue weighted by Crippen LogP contribution is -2.23. The molecule has 0 aromatic rings. The normalized spacial score (nSPS) is 15.7. The Balaban J connectivity index is 3.64. The highest BCUT2D eigenvalue weighted by atomic mass is 16.5. The molecule has 0 aliphatic heterocycles. The van der Waals surface area contributed by atoms with E-state index in [1.54, 1.807) is 7.11 Å². The van der Waals surface area contributed by atoms with Crippen molar-refractivity contribution in [2.45, 2.75) is 90.8 Å². The predicted octanol–water partition coefficient (Wildman–Crippen LogP) is 4.55. The van der Waals surface area contributed by atoms with E-state index in [0.717, 1.165) is 25.7 Å². The fraction of sp³-hybridized carbons (Fsp3) is 1.00. The highest BCUT2D eigenvalue weighted by Crippen LogP contribution is 2.22. The van der Waals surface area contributed by atoms with Gasteiger partial charge in [0, 0.05) is 7.11 Å². The summed E-state index contributed by atoms with van der Waals surface area (Å²) in [6.45, 7) is 8.64. The van der Waals surface area contributed by atoms with Crippen molar-refractivity contribution in [1.29, 1.82) is 0 Å². The third-order valence-corrected chi connectivity index (χ3v) is 4.00. The fourth-order valence-electron chi connectivity index (χ4n) is 2.21. The second kappa shape index (κ2) is 9.80. The summed E-state index contributed by atoms with van der Waals surface area (Å²) < 4.78 is 5.41. The number of aliphatic hydroxyl groups excluding tert-OH is 1. The van der Waals surface area contributed by atoms with Gasteiger partial charge >= 0.3 is 0 Å². The van der Waals surface area contributed by atoms with E-state index < -0.39 is 0 Å². The van der Waals surface area contributed by atoms with E-state index in [2.05, 4.69) is 27.7 Å². The van der Waals surface area contributed by atoms with Gasteiger partial charge in [-0.3, -0.25) is 0 Å². The molecular formula is C16H34O2. The van der Waals surface area contributed by atoms with E-state index in [4.69, 9.17) is 4.74 Å². The Morgan fingerprint density at radius 3 is 2.28 bits per heavy atom. The van der Waals surface area contributed by atoms with E-state index in [1.165, 1.54) is 25.7 Å².